The van der Waals surface area contributed by atoms with Crippen LogP contribution in [-0.4, -0.2) is 0 Å². The highest BCUT2D eigenvalue weighted by atomic mass is 35.5. The Morgan fingerprint density at radius 2 is 1.00 bits per heavy atom. The lowest BCUT2D eigenvalue weighted by Gasteiger charge is -2.20. The standard InChI is InChI=1S/C14H10Cl2S2/c1-7-3-11-12(4-8(7)2)18-14-6-10(16)9(15)5-13(14)17-11/h3-6H,1-2H3. The first-order valence-corrected chi connectivity index (χ1v) is 7.89. The molecule has 0 unspecified atom stereocenters. The maximum Gasteiger partial charge on any atom is 0.0604 e. The molecule has 0 aromatic heterocycles. The fourth-order valence-corrected chi connectivity index (χ4v) is 4.72. The topological polar surface area (TPSA) is 0 Å². The molecule has 0 nitrogen and oxygen atoms in total. The molecule has 1 aliphatic heterocycles. The summed E-state index contributed by atoms with van der Waals surface area (Å²) in [5.74, 6) is 0. The molecule has 3 rings (SSSR count). The molecule has 2 aromatic rings. The van der Waals surface area contributed by atoms with Gasteiger partial charge in [0.15, 0.2) is 0 Å². The first kappa shape index (κ1) is 12.7. The van der Waals surface area contributed by atoms with E-state index in [0.29, 0.717) is 10.0 Å². The van der Waals surface area contributed by atoms with Gasteiger partial charge in [-0.15, -0.1) is 0 Å². The predicted octanol–water partition coefficient (Wildman–Crippen LogP) is 6.23. The molecule has 0 saturated heterocycles. The molecule has 2 aromatic carbocycles. The SMILES string of the molecule is Cc1cc2c(cc1C)Sc1cc(Cl)c(Cl)cc1S2. The zero-order valence-electron chi connectivity index (χ0n) is 9.88. The van der Waals surface area contributed by atoms with Gasteiger partial charge in [0.05, 0.1) is 10.0 Å². The van der Waals surface area contributed by atoms with Crippen molar-refractivity contribution in [2.75, 3.05) is 0 Å². The molecule has 0 amide bonds. The largest absolute Gasteiger partial charge is 0.0877 e. The fraction of sp³-hybridized carbons (Fsp3) is 0.143. The zero-order chi connectivity index (χ0) is 12.9. The Bertz CT molecular complexity index is 539. The number of hydrogen-bond donors (Lipinski definition) is 0. The van der Waals surface area contributed by atoms with Gasteiger partial charge in [-0.25, -0.2) is 0 Å². The van der Waals surface area contributed by atoms with Crippen molar-refractivity contribution in [3.05, 3.63) is 45.4 Å². The van der Waals surface area contributed by atoms with Gasteiger partial charge in [0, 0.05) is 19.6 Å². The maximum absolute atomic E-state index is 6.07. The van der Waals surface area contributed by atoms with Crippen LogP contribution in [0, 0.1) is 13.8 Å². The van der Waals surface area contributed by atoms with Crippen LogP contribution in [0.5, 0.6) is 0 Å². The smallest absolute Gasteiger partial charge is 0.0604 e. The third kappa shape index (κ3) is 2.16. The van der Waals surface area contributed by atoms with Crippen LogP contribution in [0.1, 0.15) is 11.1 Å². The van der Waals surface area contributed by atoms with Crippen molar-refractivity contribution < 1.29 is 0 Å². The Kier molecular flexibility index (Phi) is 3.31. The molecule has 0 radical (unpaired) electrons. The number of aryl methyl sites for hydroxylation is 2. The second-order valence-electron chi connectivity index (χ2n) is 4.30. The number of benzene rings is 2. The molecule has 0 bridgehead atoms. The summed E-state index contributed by atoms with van der Waals surface area (Å²) in [7, 11) is 0. The number of fused-ring (bicyclic) bond motifs is 2. The van der Waals surface area contributed by atoms with Gasteiger partial charge >= 0.3 is 0 Å². The quantitative estimate of drug-likeness (QED) is 0.483. The van der Waals surface area contributed by atoms with E-state index in [2.05, 4.69) is 26.0 Å². The predicted molar refractivity (Wildman–Crippen MR) is 80.6 cm³/mol. The highest BCUT2D eigenvalue weighted by Gasteiger charge is 2.19. The van der Waals surface area contributed by atoms with Crippen LogP contribution in [0.15, 0.2) is 43.8 Å². The van der Waals surface area contributed by atoms with E-state index in [9.17, 15) is 0 Å². The van der Waals surface area contributed by atoms with Crippen LogP contribution >= 0.6 is 46.7 Å². The lowest BCUT2D eigenvalue weighted by Crippen LogP contribution is -1.92. The molecule has 0 aliphatic carbocycles. The monoisotopic (exact) mass is 312 g/mol. The van der Waals surface area contributed by atoms with E-state index in [4.69, 9.17) is 23.2 Å². The van der Waals surface area contributed by atoms with Gasteiger partial charge < -0.3 is 0 Å². The van der Waals surface area contributed by atoms with Crippen LogP contribution in [0.25, 0.3) is 0 Å². The molecule has 0 atom stereocenters. The Labute approximate surface area is 125 Å². The molecule has 18 heavy (non-hydrogen) atoms. The van der Waals surface area contributed by atoms with Gasteiger partial charge in [-0.1, -0.05) is 46.7 Å². The lowest BCUT2D eigenvalue weighted by atomic mass is 10.1. The molecule has 1 aliphatic rings. The number of halogens is 2. The Balaban J connectivity index is 2.12. The van der Waals surface area contributed by atoms with Gasteiger partial charge in [-0.05, 0) is 49.2 Å². The minimum Gasteiger partial charge on any atom is -0.0877 e. The maximum atomic E-state index is 6.07. The summed E-state index contributed by atoms with van der Waals surface area (Å²) in [5, 5.41) is 1.24. The van der Waals surface area contributed by atoms with Crippen LogP contribution in [0.4, 0.5) is 0 Å². The van der Waals surface area contributed by atoms with E-state index in [-0.39, 0.29) is 0 Å². The van der Waals surface area contributed by atoms with Crippen LogP contribution in [0.3, 0.4) is 0 Å². The van der Waals surface area contributed by atoms with Crippen molar-refractivity contribution in [2.24, 2.45) is 0 Å². The third-order valence-electron chi connectivity index (χ3n) is 2.99. The summed E-state index contributed by atoms with van der Waals surface area (Å²) in [4.78, 5) is 4.97. The Morgan fingerprint density at radius 3 is 1.39 bits per heavy atom. The average molecular weight is 313 g/mol. The molecule has 0 spiro atoms. The summed E-state index contributed by atoms with van der Waals surface area (Å²) in [5.41, 5.74) is 2.65. The van der Waals surface area contributed by atoms with Crippen molar-refractivity contribution in [2.45, 2.75) is 33.4 Å². The second kappa shape index (κ2) is 4.68. The van der Waals surface area contributed by atoms with Gasteiger partial charge in [0.25, 0.3) is 0 Å². The highest BCUT2D eigenvalue weighted by molar-refractivity contribution is 8.05. The third-order valence-corrected chi connectivity index (χ3v) is 6.20. The summed E-state index contributed by atoms with van der Waals surface area (Å²) in [6, 6.07) is 8.39. The van der Waals surface area contributed by atoms with Crippen LogP contribution in [0.2, 0.25) is 10.0 Å². The minimum atomic E-state index is 0.621. The molecule has 0 saturated carbocycles. The Hall–Kier alpha value is -0.280. The molecule has 0 N–H and O–H groups in total. The molecular weight excluding hydrogens is 303 g/mol. The van der Waals surface area contributed by atoms with Crippen molar-refractivity contribution in [1.29, 1.82) is 0 Å². The van der Waals surface area contributed by atoms with Crippen molar-refractivity contribution in [1.82, 2.24) is 0 Å². The average Bonchev–Trinajstić information content (AvgIpc) is 2.31. The Morgan fingerprint density at radius 1 is 0.667 bits per heavy atom. The van der Waals surface area contributed by atoms with Crippen molar-refractivity contribution in [3.63, 3.8) is 0 Å². The first-order chi connectivity index (χ1) is 8.54. The fourth-order valence-electron chi connectivity index (χ4n) is 1.83. The number of hydrogen-bond acceptors (Lipinski definition) is 2. The van der Waals surface area contributed by atoms with Crippen LogP contribution in [-0.2, 0) is 0 Å². The zero-order valence-corrected chi connectivity index (χ0v) is 13.0. The van der Waals surface area contributed by atoms with E-state index < -0.39 is 0 Å². The molecule has 0 fully saturated rings. The van der Waals surface area contributed by atoms with Gasteiger partial charge in [-0.3, -0.25) is 0 Å². The summed E-state index contributed by atoms with van der Waals surface area (Å²) >= 11 is 15.7. The molecule has 92 valence electrons. The van der Waals surface area contributed by atoms with Gasteiger partial charge in [0.1, 0.15) is 0 Å². The van der Waals surface area contributed by atoms with Gasteiger partial charge in [-0.2, -0.15) is 0 Å². The van der Waals surface area contributed by atoms with Crippen molar-refractivity contribution in [3.8, 4) is 0 Å². The molecule has 4 heteroatoms. The molecule has 1 heterocycles. The summed E-state index contributed by atoms with van der Waals surface area (Å²) in [6.07, 6.45) is 0. The van der Waals surface area contributed by atoms with E-state index in [1.165, 1.54) is 30.7 Å². The first-order valence-electron chi connectivity index (χ1n) is 5.50. The van der Waals surface area contributed by atoms with E-state index in [0.717, 1.165) is 0 Å². The number of rotatable bonds is 0. The van der Waals surface area contributed by atoms with E-state index in [1.54, 1.807) is 23.5 Å². The molecular formula is C14H10Cl2S2. The lowest BCUT2D eigenvalue weighted by molar-refractivity contribution is 1.12. The van der Waals surface area contributed by atoms with E-state index >= 15 is 0 Å². The van der Waals surface area contributed by atoms with E-state index in [1.807, 2.05) is 12.1 Å². The normalized spacial score (nSPS) is 13.1. The van der Waals surface area contributed by atoms with Crippen LogP contribution < -0.4 is 0 Å². The summed E-state index contributed by atoms with van der Waals surface area (Å²) < 4.78 is 0. The minimum absolute atomic E-state index is 0.621. The second-order valence-corrected chi connectivity index (χ2v) is 7.28. The highest BCUT2D eigenvalue weighted by Crippen LogP contribution is 2.50. The van der Waals surface area contributed by atoms with Gasteiger partial charge in [0.2, 0.25) is 0 Å². The van der Waals surface area contributed by atoms with Crippen molar-refractivity contribution >= 4 is 46.7 Å². The summed E-state index contributed by atoms with van der Waals surface area (Å²) in [6.45, 7) is 4.29.